The molecule has 4 heteroatoms. The highest BCUT2D eigenvalue weighted by Crippen LogP contribution is 2.05. The van der Waals surface area contributed by atoms with Crippen LogP contribution in [0.3, 0.4) is 0 Å². The van der Waals surface area contributed by atoms with Gasteiger partial charge in [0.15, 0.2) is 0 Å². The lowest BCUT2D eigenvalue weighted by molar-refractivity contribution is 0.677. The molecule has 0 saturated carbocycles. The van der Waals surface area contributed by atoms with Crippen molar-refractivity contribution in [3.63, 3.8) is 0 Å². The molecule has 0 spiro atoms. The molecule has 1 N–H and O–H groups in total. The van der Waals surface area contributed by atoms with Crippen LogP contribution in [0.2, 0.25) is 0 Å². The zero-order chi connectivity index (χ0) is 11.1. The third kappa shape index (κ3) is 3.83. The Labute approximate surface area is 91.7 Å². The predicted octanol–water partition coefficient (Wildman–Crippen LogP) is 1.22. The van der Waals surface area contributed by atoms with Crippen molar-refractivity contribution in [3.8, 4) is 0 Å². The molecular formula is C11H20N4. The fourth-order valence-electron chi connectivity index (χ4n) is 1.38. The largest absolute Gasteiger partial charge is 0.340 e. The van der Waals surface area contributed by atoms with Crippen molar-refractivity contribution in [3.05, 3.63) is 18.0 Å². The number of nitrogens with zero attached hydrogens (tertiary/aromatic N) is 3. The van der Waals surface area contributed by atoms with Crippen LogP contribution in [0, 0.1) is 6.92 Å². The first-order valence-electron chi connectivity index (χ1n) is 5.53. The molecule has 84 valence electrons. The van der Waals surface area contributed by atoms with Crippen LogP contribution in [0.15, 0.2) is 12.3 Å². The van der Waals surface area contributed by atoms with E-state index in [0.29, 0.717) is 0 Å². The second kappa shape index (κ2) is 6.35. The molecule has 1 aromatic heterocycles. The van der Waals surface area contributed by atoms with Crippen molar-refractivity contribution >= 4 is 5.95 Å². The molecule has 0 aromatic carbocycles. The smallest absolute Gasteiger partial charge is 0.225 e. The maximum Gasteiger partial charge on any atom is 0.225 e. The molecule has 1 rings (SSSR count). The lowest BCUT2D eigenvalue weighted by atomic mass is 10.4. The quantitative estimate of drug-likeness (QED) is 0.714. The van der Waals surface area contributed by atoms with Crippen molar-refractivity contribution in [2.24, 2.45) is 0 Å². The standard InChI is InChI=1S/C11H20N4/c1-4-12-8-9-15(5-2)11-13-7-6-10(3)14-11/h6-7,12H,4-5,8-9H2,1-3H3. The van der Waals surface area contributed by atoms with Gasteiger partial charge in [-0.2, -0.15) is 0 Å². The molecule has 0 bridgehead atoms. The van der Waals surface area contributed by atoms with Gasteiger partial charge in [-0.3, -0.25) is 0 Å². The monoisotopic (exact) mass is 208 g/mol. The second-order valence-electron chi connectivity index (χ2n) is 3.43. The summed E-state index contributed by atoms with van der Waals surface area (Å²) in [5.74, 6) is 0.829. The summed E-state index contributed by atoms with van der Waals surface area (Å²) in [6.45, 7) is 10.1. The van der Waals surface area contributed by atoms with Gasteiger partial charge >= 0.3 is 0 Å². The van der Waals surface area contributed by atoms with Crippen LogP contribution in [-0.4, -0.2) is 36.1 Å². The molecule has 0 amide bonds. The molecule has 0 aliphatic heterocycles. The average Bonchev–Trinajstić information content (AvgIpc) is 2.24. The number of hydrogen-bond donors (Lipinski definition) is 1. The van der Waals surface area contributed by atoms with Crippen molar-refractivity contribution in [2.75, 3.05) is 31.1 Å². The zero-order valence-electron chi connectivity index (χ0n) is 9.82. The van der Waals surface area contributed by atoms with E-state index >= 15 is 0 Å². The predicted molar refractivity (Wildman–Crippen MR) is 63.2 cm³/mol. The Bertz CT molecular complexity index is 288. The van der Waals surface area contributed by atoms with E-state index in [9.17, 15) is 0 Å². The lowest BCUT2D eigenvalue weighted by Gasteiger charge is -2.20. The fraction of sp³-hybridized carbons (Fsp3) is 0.636. The highest BCUT2D eigenvalue weighted by molar-refractivity contribution is 5.29. The van der Waals surface area contributed by atoms with E-state index in [2.05, 4.69) is 34.0 Å². The molecule has 15 heavy (non-hydrogen) atoms. The average molecular weight is 208 g/mol. The fourth-order valence-corrected chi connectivity index (χ4v) is 1.38. The maximum atomic E-state index is 4.41. The minimum Gasteiger partial charge on any atom is -0.340 e. The van der Waals surface area contributed by atoms with Crippen LogP contribution in [0.1, 0.15) is 19.5 Å². The molecular weight excluding hydrogens is 188 g/mol. The highest BCUT2D eigenvalue weighted by Gasteiger charge is 2.05. The second-order valence-corrected chi connectivity index (χ2v) is 3.43. The minimum atomic E-state index is 0.829. The molecule has 0 fully saturated rings. The van der Waals surface area contributed by atoms with Crippen LogP contribution < -0.4 is 10.2 Å². The summed E-state index contributed by atoms with van der Waals surface area (Å²) in [4.78, 5) is 10.9. The Morgan fingerprint density at radius 3 is 2.80 bits per heavy atom. The molecule has 0 radical (unpaired) electrons. The summed E-state index contributed by atoms with van der Waals surface area (Å²) < 4.78 is 0. The first kappa shape index (κ1) is 11.9. The Morgan fingerprint density at radius 2 is 2.20 bits per heavy atom. The number of likely N-dealkylation sites (N-methyl/N-ethyl adjacent to an activating group) is 2. The minimum absolute atomic E-state index is 0.829. The molecule has 1 heterocycles. The molecule has 0 atom stereocenters. The first-order valence-corrected chi connectivity index (χ1v) is 5.53. The van der Waals surface area contributed by atoms with Gasteiger partial charge in [0.1, 0.15) is 0 Å². The summed E-state index contributed by atoms with van der Waals surface area (Å²) in [6, 6.07) is 1.92. The summed E-state index contributed by atoms with van der Waals surface area (Å²) in [6.07, 6.45) is 1.81. The molecule has 0 aliphatic carbocycles. The van der Waals surface area contributed by atoms with Gasteiger partial charge in [-0.15, -0.1) is 0 Å². The Balaban J connectivity index is 2.57. The SMILES string of the molecule is CCNCCN(CC)c1nccc(C)n1. The van der Waals surface area contributed by atoms with Crippen LogP contribution >= 0.6 is 0 Å². The Kier molecular flexibility index (Phi) is 5.04. The first-order chi connectivity index (χ1) is 7.27. The van der Waals surface area contributed by atoms with E-state index in [-0.39, 0.29) is 0 Å². The highest BCUT2D eigenvalue weighted by atomic mass is 15.2. The normalized spacial score (nSPS) is 10.3. The van der Waals surface area contributed by atoms with Gasteiger partial charge in [0.25, 0.3) is 0 Å². The van der Waals surface area contributed by atoms with Gasteiger partial charge < -0.3 is 10.2 Å². The number of anilines is 1. The number of aryl methyl sites for hydroxylation is 1. The van der Waals surface area contributed by atoms with Crippen molar-refractivity contribution in [1.82, 2.24) is 15.3 Å². The molecule has 0 unspecified atom stereocenters. The van der Waals surface area contributed by atoms with E-state index in [1.807, 2.05) is 19.2 Å². The van der Waals surface area contributed by atoms with E-state index in [4.69, 9.17) is 0 Å². The third-order valence-electron chi connectivity index (χ3n) is 2.26. The van der Waals surface area contributed by atoms with Gasteiger partial charge in [0.2, 0.25) is 5.95 Å². The van der Waals surface area contributed by atoms with Crippen LogP contribution in [-0.2, 0) is 0 Å². The molecule has 1 aromatic rings. The lowest BCUT2D eigenvalue weighted by Crippen LogP contribution is -2.33. The van der Waals surface area contributed by atoms with Crippen LogP contribution in [0.25, 0.3) is 0 Å². The zero-order valence-corrected chi connectivity index (χ0v) is 9.82. The van der Waals surface area contributed by atoms with E-state index in [0.717, 1.165) is 37.8 Å². The topological polar surface area (TPSA) is 41.0 Å². The van der Waals surface area contributed by atoms with E-state index in [1.54, 1.807) is 0 Å². The van der Waals surface area contributed by atoms with Crippen LogP contribution in [0.5, 0.6) is 0 Å². The van der Waals surface area contributed by atoms with Crippen LogP contribution in [0.4, 0.5) is 5.95 Å². The number of aromatic nitrogens is 2. The van der Waals surface area contributed by atoms with Gasteiger partial charge in [0, 0.05) is 31.5 Å². The van der Waals surface area contributed by atoms with Crippen molar-refractivity contribution in [2.45, 2.75) is 20.8 Å². The number of hydrogen-bond acceptors (Lipinski definition) is 4. The number of rotatable bonds is 6. The Morgan fingerprint density at radius 1 is 1.40 bits per heavy atom. The van der Waals surface area contributed by atoms with E-state index < -0.39 is 0 Å². The molecule has 0 aliphatic rings. The third-order valence-corrected chi connectivity index (χ3v) is 2.26. The van der Waals surface area contributed by atoms with Gasteiger partial charge in [0.05, 0.1) is 0 Å². The van der Waals surface area contributed by atoms with Gasteiger partial charge in [-0.1, -0.05) is 6.92 Å². The van der Waals surface area contributed by atoms with Gasteiger partial charge in [-0.25, -0.2) is 9.97 Å². The maximum absolute atomic E-state index is 4.41. The summed E-state index contributed by atoms with van der Waals surface area (Å²) >= 11 is 0. The van der Waals surface area contributed by atoms with E-state index in [1.165, 1.54) is 0 Å². The molecule has 0 saturated heterocycles. The molecule has 4 nitrogen and oxygen atoms in total. The van der Waals surface area contributed by atoms with Crippen molar-refractivity contribution < 1.29 is 0 Å². The van der Waals surface area contributed by atoms with Crippen molar-refractivity contribution in [1.29, 1.82) is 0 Å². The summed E-state index contributed by atoms with van der Waals surface area (Å²) in [5.41, 5.74) is 1.02. The summed E-state index contributed by atoms with van der Waals surface area (Å²) in [5, 5.41) is 3.30. The Hall–Kier alpha value is -1.16. The summed E-state index contributed by atoms with van der Waals surface area (Å²) in [7, 11) is 0. The van der Waals surface area contributed by atoms with Gasteiger partial charge in [-0.05, 0) is 26.5 Å². The number of nitrogens with one attached hydrogen (secondary N) is 1.